The highest BCUT2D eigenvalue weighted by Gasteiger charge is 2.15. The van der Waals surface area contributed by atoms with Crippen molar-refractivity contribution in [2.24, 2.45) is 5.92 Å². The molecular weight excluding hydrogens is 174 g/mol. The minimum Gasteiger partial charge on any atom is -0.385 e. The molecule has 0 spiro atoms. The summed E-state index contributed by atoms with van der Waals surface area (Å²) in [4.78, 5) is 0. The summed E-state index contributed by atoms with van der Waals surface area (Å²) in [6, 6.07) is 0.812. The normalized spacial score (nSPS) is 20.1. The lowest BCUT2D eigenvalue weighted by Crippen LogP contribution is -2.31. The first kappa shape index (κ1) is 12.0. The molecule has 0 aromatic carbocycles. The van der Waals surface area contributed by atoms with Crippen molar-refractivity contribution in [1.29, 1.82) is 0 Å². The van der Waals surface area contributed by atoms with E-state index in [2.05, 4.69) is 12.2 Å². The lowest BCUT2D eigenvalue weighted by atomic mass is 10.0. The predicted molar refractivity (Wildman–Crippen MR) is 60.5 cm³/mol. The summed E-state index contributed by atoms with van der Waals surface area (Å²) in [6.45, 7) is 4.37. The van der Waals surface area contributed by atoms with Crippen LogP contribution in [0.5, 0.6) is 0 Å². The van der Waals surface area contributed by atoms with Crippen molar-refractivity contribution >= 4 is 0 Å². The first-order valence-corrected chi connectivity index (χ1v) is 6.09. The van der Waals surface area contributed by atoms with Crippen LogP contribution in [0.1, 0.15) is 45.4 Å². The summed E-state index contributed by atoms with van der Waals surface area (Å²) in [5.41, 5.74) is 0. The first-order valence-electron chi connectivity index (χ1n) is 6.09. The molecule has 84 valence electrons. The van der Waals surface area contributed by atoms with Crippen molar-refractivity contribution in [3.05, 3.63) is 0 Å². The van der Waals surface area contributed by atoms with Gasteiger partial charge in [0.05, 0.1) is 0 Å². The van der Waals surface area contributed by atoms with E-state index in [1.54, 1.807) is 7.11 Å². The molecule has 1 N–H and O–H groups in total. The summed E-state index contributed by atoms with van der Waals surface area (Å²) in [7, 11) is 1.79. The average molecular weight is 199 g/mol. The summed E-state index contributed by atoms with van der Waals surface area (Å²) >= 11 is 0. The van der Waals surface area contributed by atoms with Crippen molar-refractivity contribution in [3.8, 4) is 0 Å². The van der Waals surface area contributed by atoms with Crippen LogP contribution >= 0.6 is 0 Å². The van der Waals surface area contributed by atoms with Crippen LogP contribution in [0, 0.1) is 5.92 Å². The molecular formula is C12H25NO. The highest BCUT2D eigenvalue weighted by Crippen LogP contribution is 2.18. The summed E-state index contributed by atoms with van der Waals surface area (Å²) in [5, 5.41) is 3.69. The van der Waals surface area contributed by atoms with E-state index in [4.69, 9.17) is 4.74 Å². The molecule has 0 heterocycles. The average Bonchev–Trinajstić information content (AvgIpc) is 2.71. The van der Waals surface area contributed by atoms with Crippen LogP contribution in [-0.4, -0.2) is 26.3 Å². The highest BCUT2D eigenvalue weighted by molar-refractivity contribution is 4.74. The first-order chi connectivity index (χ1) is 6.86. The maximum absolute atomic E-state index is 5.12. The van der Waals surface area contributed by atoms with Gasteiger partial charge in [0.2, 0.25) is 0 Å². The molecule has 1 atom stereocenters. The second-order valence-electron chi connectivity index (χ2n) is 4.45. The molecule has 1 unspecified atom stereocenters. The van der Waals surface area contributed by atoms with E-state index in [9.17, 15) is 0 Å². The summed E-state index contributed by atoms with van der Waals surface area (Å²) in [6.07, 6.45) is 8.09. The lowest BCUT2D eigenvalue weighted by molar-refractivity contribution is 0.174. The topological polar surface area (TPSA) is 21.3 Å². The minimum atomic E-state index is 0.801. The standard InChI is InChI=1S/C12H25NO/c1-3-11(8-9-14-2)10-13-12-6-4-5-7-12/h11-13H,3-10H2,1-2H3. The number of methoxy groups -OCH3 is 1. The number of rotatable bonds is 7. The molecule has 0 aliphatic heterocycles. The number of nitrogens with one attached hydrogen (secondary N) is 1. The minimum absolute atomic E-state index is 0.801. The maximum atomic E-state index is 5.12. The molecule has 1 aliphatic rings. The van der Waals surface area contributed by atoms with Gasteiger partial charge in [-0.3, -0.25) is 0 Å². The Morgan fingerprint density at radius 3 is 2.64 bits per heavy atom. The van der Waals surface area contributed by atoms with Crippen LogP contribution in [-0.2, 0) is 4.74 Å². The van der Waals surface area contributed by atoms with E-state index in [1.165, 1.54) is 45.1 Å². The molecule has 1 fully saturated rings. The van der Waals surface area contributed by atoms with E-state index in [0.29, 0.717) is 0 Å². The van der Waals surface area contributed by atoms with Crippen molar-refractivity contribution in [2.45, 2.75) is 51.5 Å². The lowest BCUT2D eigenvalue weighted by Gasteiger charge is -2.18. The molecule has 0 aromatic rings. The second-order valence-corrected chi connectivity index (χ2v) is 4.45. The van der Waals surface area contributed by atoms with Gasteiger partial charge in [0.1, 0.15) is 0 Å². The highest BCUT2D eigenvalue weighted by atomic mass is 16.5. The third-order valence-electron chi connectivity index (χ3n) is 3.36. The van der Waals surface area contributed by atoms with E-state index in [0.717, 1.165) is 18.6 Å². The van der Waals surface area contributed by atoms with Crippen LogP contribution in [0.4, 0.5) is 0 Å². The van der Waals surface area contributed by atoms with Crippen LogP contribution in [0.15, 0.2) is 0 Å². The molecule has 2 heteroatoms. The zero-order valence-corrected chi connectivity index (χ0v) is 9.72. The van der Waals surface area contributed by atoms with Gasteiger partial charge in [-0.15, -0.1) is 0 Å². The molecule has 14 heavy (non-hydrogen) atoms. The fourth-order valence-corrected chi connectivity index (χ4v) is 2.20. The van der Waals surface area contributed by atoms with Gasteiger partial charge in [-0.1, -0.05) is 26.2 Å². The number of hydrogen-bond acceptors (Lipinski definition) is 2. The zero-order valence-electron chi connectivity index (χ0n) is 9.72. The van der Waals surface area contributed by atoms with Crippen molar-refractivity contribution in [1.82, 2.24) is 5.32 Å². The van der Waals surface area contributed by atoms with Crippen LogP contribution in [0.2, 0.25) is 0 Å². The van der Waals surface area contributed by atoms with Gasteiger partial charge in [0.25, 0.3) is 0 Å². The van der Waals surface area contributed by atoms with Crippen molar-refractivity contribution in [3.63, 3.8) is 0 Å². The van der Waals surface area contributed by atoms with Crippen molar-refractivity contribution in [2.75, 3.05) is 20.3 Å². The third kappa shape index (κ3) is 4.43. The van der Waals surface area contributed by atoms with Crippen molar-refractivity contribution < 1.29 is 4.74 Å². The molecule has 0 amide bonds. The smallest absolute Gasteiger partial charge is 0.0465 e. The van der Waals surface area contributed by atoms with Crippen LogP contribution in [0.25, 0.3) is 0 Å². The SMILES string of the molecule is CCC(CCOC)CNC1CCCC1. The molecule has 1 aliphatic carbocycles. The van der Waals surface area contributed by atoms with Gasteiger partial charge in [-0.2, -0.15) is 0 Å². The van der Waals surface area contributed by atoms with E-state index in [-0.39, 0.29) is 0 Å². The zero-order chi connectivity index (χ0) is 10.2. The van der Waals surface area contributed by atoms with Gasteiger partial charge < -0.3 is 10.1 Å². The Labute approximate surface area is 88.4 Å². The quantitative estimate of drug-likeness (QED) is 0.680. The summed E-state index contributed by atoms with van der Waals surface area (Å²) in [5.74, 6) is 0.801. The Kier molecular flexibility index (Phi) is 6.20. The van der Waals surface area contributed by atoms with Gasteiger partial charge in [0, 0.05) is 19.8 Å². The molecule has 0 aromatic heterocycles. The summed E-state index contributed by atoms with van der Waals surface area (Å²) < 4.78 is 5.12. The molecule has 0 bridgehead atoms. The second kappa shape index (κ2) is 7.24. The van der Waals surface area contributed by atoms with E-state index in [1.807, 2.05) is 0 Å². The van der Waals surface area contributed by atoms with Gasteiger partial charge in [0.15, 0.2) is 0 Å². The number of hydrogen-bond donors (Lipinski definition) is 1. The van der Waals surface area contributed by atoms with Gasteiger partial charge in [-0.05, 0) is 31.7 Å². The molecule has 0 radical (unpaired) electrons. The Balaban J connectivity index is 2.06. The molecule has 1 rings (SSSR count). The Bertz CT molecular complexity index is 132. The molecule has 1 saturated carbocycles. The monoisotopic (exact) mass is 199 g/mol. The van der Waals surface area contributed by atoms with E-state index >= 15 is 0 Å². The third-order valence-corrected chi connectivity index (χ3v) is 3.36. The molecule has 0 saturated heterocycles. The van der Waals surface area contributed by atoms with Gasteiger partial charge in [-0.25, -0.2) is 0 Å². The van der Waals surface area contributed by atoms with E-state index < -0.39 is 0 Å². The number of ether oxygens (including phenoxy) is 1. The van der Waals surface area contributed by atoms with Gasteiger partial charge >= 0.3 is 0 Å². The fraction of sp³-hybridized carbons (Fsp3) is 1.00. The largest absolute Gasteiger partial charge is 0.385 e. The Morgan fingerprint density at radius 2 is 2.07 bits per heavy atom. The van der Waals surface area contributed by atoms with Crippen LogP contribution in [0.3, 0.4) is 0 Å². The Hall–Kier alpha value is -0.0800. The maximum Gasteiger partial charge on any atom is 0.0465 e. The predicted octanol–water partition coefficient (Wildman–Crippen LogP) is 2.58. The Morgan fingerprint density at radius 1 is 1.36 bits per heavy atom. The van der Waals surface area contributed by atoms with Crippen LogP contribution < -0.4 is 5.32 Å². The fourth-order valence-electron chi connectivity index (χ4n) is 2.20. The molecule has 2 nitrogen and oxygen atoms in total.